The lowest BCUT2D eigenvalue weighted by molar-refractivity contribution is -0.0336. The van der Waals surface area contributed by atoms with E-state index < -0.39 is 0 Å². The summed E-state index contributed by atoms with van der Waals surface area (Å²) in [7, 11) is 0. The van der Waals surface area contributed by atoms with E-state index in [-0.39, 0.29) is 6.10 Å². The predicted molar refractivity (Wildman–Crippen MR) is 93.0 cm³/mol. The summed E-state index contributed by atoms with van der Waals surface area (Å²) in [6.07, 6.45) is 3.87. The van der Waals surface area contributed by atoms with Gasteiger partial charge >= 0.3 is 0 Å². The molecule has 1 aromatic heterocycles. The van der Waals surface area contributed by atoms with Gasteiger partial charge in [-0.3, -0.25) is 4.90 Å². The molecule has 1 saturated heterocycles. The van der Waals surface area contributed by atoms with Crippen molar-refractivity contribution in [1.82, 2.24) is 14.5 Å². The zero-order chi connectivity index (χ0) is 16.4. The Bertz CT molecular complexity index is 672. The molecule has 0 saturated carbocycles. The summed E-state index contributed by atoms with van der Waals surface area (Å²) in [6.45, 7) is 7.68. The molecule has 0 amide bonds. The van der Waals surface area contributed by atoms with Crippen LogP contribution in [0.25, 0.3) is 0 Å². The van der Waals surface area contributed by atoms with Crippen molar-refractivity contribution in [1.29, 1.82) is 0 Å². The van der Waals surface area contributed by atoms with Gasteiger partial charge in [0.15, 0.2) is 0 Å². The van der Waals surface area contributed by atoms with E-state index in [2.05, 4.69) is 28.3 Å². The lowest BCUT2D eigenvalue weighted by atomic mass is 10.1. The number of morpholine rings is 1. The van der Waals surface area contributed by atoms with Crippen molar-refractivity contribution in [3.63, 3.8) is 0 Å². The third kappa shape index (κ3) is 3.89. The lowest BCUT2D eigenvalue weighted by Crippen LogP contribution is -2.38. The normalized spacial score (nSPS) is 19.4. The van der Waals surface area contributed by atoms with Gasteiger partial charge in [0.05, 0.1) is 34.8 Å². The number of imidazole rings is 1. The van der Waals surface area contributed by atoms with Crippen LogP contribution in [0.15, 0.2) is 30.7 Å². The van der Waals surface area contributed by atoms with Crippen LogP contribution in [0.5, 0.6) is 0 Å². The molecule has 0 aliphatic carbocycles. The van der Waals surface area contributed by atoms with Gasteiger partial charge in [0.2, 0.25) is 0 Å². The first-order valence-corrected chi connectivity index (χ1v) is 8.60. The van der Waals surface area contributed by atoms with E-state index in [1.54, 1.807) is 0 Å². The third-order valence-electron chi connectivity index (χ3n) is 4.15. The van der Waals surface area contributed by atoms with Crippen molar-refractivity contribution >= 4 is 23.2 Å². The molecule has 0 spiro atoms. The Morgan fingerprint density at radius 1 is 1.30 bits per heavy atom. The topological polar surface area (TPSA) is 30.3 Å². The molecule has 4 nitrogen and oxygen atoms in total. The van der Waals surface area contributed by atoms with Gasteiger partial charge in [0.25, 0.3) is 0 Å². The Balaban J connectivity index is 1.70. The lowest BCUT2D eigenvalue weighted by Gasteiger charge is -2.33. The molecule has 23 heavy (non-hydrogen) atoms. The van der Waals surface area contributed by atoms with Gasteiger partial charge in [-0.05, 0) is 31.5 Å². The first kappa shape index (κ1) is 16.8. The molecule has 1 atom stereocenters. The van der Waals surface area contributed by atoms with Crippen LogP contribution in [0, 0.1) is 0 Å². The SMILES string of the molecule is CC(C)n1cncc1CN1CCO[C@@H](c2ccc(Cl)c(Cl)c2)C1. The van der Waals surface area contributed by atoms with E-state index in [0.717, 1.165) is 25.2 Å². The van der Waals surface area contributed by atoms with Crippen LogP contribution >= 0.6 is 23.2 Å². The fourth-order valence-electron chi connectivity index (χ4n) is 2.91. The van der Waals surface area contributed by atoms with Crippen molar-refractivity contribution in [2.45, 2.75) is 32.5 Å². The first-order valence-electron chi connectivity index (χ1n) is 7.84. The minimum absolute atomic E-state index is 0.0222. The molecule has 0 radical (unpaired) electrons. The molecule has 6 heteroatoms. The average Bonchev–Trinajstić information content (AvgIpc) is 2.98. The molecule has 1 fully saturated rings. The van der Waals surface area contributed by atoms with Gasteiger partial charge in [0.1, 0.15) is 0 Å². The second kappa shape index (κ2) is 7.22. The van der Waals surface area contributed by atoms with Crippen molar-refractivity contribution in [3.8, 4) is 0 Å². The molecule has 1 aromatic carbocycles. The molecule has 1 aliphatic rings. The van der Waals surface area contributed by atoms with Gasteiger partial charge in [0, 0.05) is 31.9 Å². The van der Waals surface area contributed by atoms with Crippen LogP contribution in [0.1, 0.15) is 37.3 Å². The van der Waals surface area contributed by atoms with Gasteiger partial charge in [-0.25, -0.2) is 4.98 Å². The summed E-state index contributed by atoms with van der Waals surface area (Å²) < 4.78 is 8.13. The molecule has 3 rings (SSSR count). The number of rotatable bonds is 4. The molecule has 0 unspecified atom stereocenters. The molecular weight excluding hydrogens is 333 g/mol. The highest BCUT2D eigenvalue weighted by Crippen LogP contribution is 2.29. The maximum absolute atomic E-state index is 6.13. The summed E-state index contributed by atoms with van der Waals surface area (Å²) in [5, 5.41) is 1.15. The monoisotopic (exact) mass is 353 g/mol. The summed E-state index contributed by atoms with van der Waals surface area (Å²) in [4.78, 5) is 6.68. The van der Waals surface area contributed by atoms with Crippen molar-refractivity contribution in [2.24, 2.45) is 0 Å². The fourth-order valence-corrected chi connectivity index (χ4v) is 3.22. The number of benzene rings is 1. The third-order valence-corrected chi connectivity index (χ3v) is 4.89. The zero-order valence-corrected chi connectivity index (χ0v) is 14.9. The van der Waals surface area contributed by atoms with Crippen LogP contribution in [-0.4, -0.2) is 34.1 Å². The fraction of sp³-hybridized carbons (Fsp3) is 0.471. The largest absolute Gasteiger partial charge is 0.371 e. The summed E-state index contributed by atoms with van der Waals surface area (Å²) >= 11 is 12.1. The Morgan fingerprint density at radius 3 is 2.87 bits per heavy atom. The number of nitrogens with zero attached hydrogens (tertiary/aromatic N) is 3. The second-order valence-corrected chi connectivity index (χ2v) is 6.97. The van der Waals surface area contributed by atoms with E-state index in [1.165, 1.54) is 5.69 Å². The minimum Gasteiger partial charge on any atom is -0.371 e. The number of aromatic nitrogens is 2. The van der Waals surface area contributed by atoms with E-state index in [1.807, 2.05) is 30.7 Å². The molecular formula is C17H21Cl2N3O. The van der Waals surface area contributed by atoms with Gasteiger partial charge in [-0.15, -0.1) is 0 Å². The van der Waals surface area contributed by atoms with Crippen molar-refractivity contribution < 1.29 is 4.74 Å². The van der Waals surface area contributed by atoms with Gasteiger partial charge in [-0.1, -0.05) is 29.3 Å². The highest BCUT2D eigenvalue weighted by atomic mass is 35.5. The minimum atomic E-state index is 0.0222. The molecule has 0 bridgehead atoms. The van der Waals surface area contributed by atoms with E-state index in [9.17, 15) is 0 Å². The van der Waals surface area contributed by atoms with Crippen molar-refractivity contribution in [3.05, 3.63) is 52.0 Å². The quantitative estimate of drug-likeness (QED) is 0.818. The van der Waals surface area contributed by atoms with Gasteiger partial charge < -0.3 is 9.30 Å². The van der Waals surface area contributed by atoms with Crippen LogP contribution in [0.2, 0.25) is 10.0 Å². The van der Waals surface area contributed by atoms with Crippen LogP contribution in [-0.2, 0) is 11.3 Å². The first-order chi connectivity index (χ1) is 11.0. The van der Waals surface area contributed by atoms with Gasteiger partial charge in [-0.2, -0.15) is 0 Å². The maximum Gasteiger partial charge on any atom is 0.0953 e. The molecule has 1 aliphatic heterocycles. The number of ether oxygens (including phenoxy) is 1. The zero-order valence-electron chi connectivity index (χ0n) is 13.4. The standard InChI is InChI=1S/C17H21Cl2N3O/c1-12(2)22-11-20-8-14(22)9-21-5-6-23-17(10-21)13-3-4-15(18)16(19)7-13/h3-4,7-8,11-12,17H,5-6,9-10H2,1-2H3/t17-/m1/s1. The molecule has 0 N–H and O–H groups in total. The van der Waals surface area contributed by atoms with Crippen LogP contribution in [0.3, 0.4) is 0 Å². The van der Waals surface area contributed by atoms with E-state index in [4.69, 9.17) is 27.9 Å². The Hall–Kier alpha value is -1.07. The predicted octanol–water partition coefficient (Wildman–Crippen LogP) is 4.34. The van der Waals surface area contributed by atoms with Crippen LogP contribution in [0.4, 0.5) is 0 Å². The summed E-state index contributed by atoms with van der Waals surface area (Å²) in [6, 6.07) is 6.13. The number of hydrogen-bond donors (Lipinski definition) is 0. The molecule has 124 valence electrons. The van der Waals surface area contributed by atoms with E-state index >= 15 is 0 Å². The highest BCUT2D eigenvalue weighted by molar-refractivity contribution is 6.42. The second-order valence-electron chi connectivity index (χ2n) is 6.15. The Labute approximate surface area is 147 Å². The maximum atomic E-state index is 6.13. The van der Waals surface area contributed by atoms with Crippen LogP contribution < -0.4 is 0 Å². The molecule has 2 heterocycles. The Kier molecular flexibility index (Phi) is 5.27. The number of hydrogen-bond acceptors (Lipinski definition) is 3. The summed E-state index contributed by atoms with van der Waals surface area (Å²) in [5.41, 5.74) is 2.30. The Morgan fingerprint density at radius 2 is 2.13 bits per heavy atom. The summed E-state index contributed by atoms with van der Waals surface area (Å²) in [5.74, 6) is 0. The van der Waals surface area contributed by atoms with Crippen molar-refractivity contribution in [2.75, 3.05) is 19.7 Å². The highest BCUT2D eigenvalue weighted by Gasteiger charge is 2.23. The smallest absolute Gasteiger partial charge is 0.0953 e. The average molecular weight is 354 g/mol. The molecule has 2 aromatic rings. The van der Waals surface area contributed by atoms with E-state index in [0.29, 0.717) is 22.7 Å². The number of halogens is 2.